The fourth-order valence-electron chi connectivity index (χ4n) is 1.95. The Morgan fingerprint density at radius 3 is 2.63 bits per heavy atom. The molecule has 5 nitrogen and oxygen atoms in total. The Bertz CT molecular complexity index is 485. The van der Waals surface area contributed by atoms with Crippen LogP contribution in [0.5, 0.6) is 0 Å². The van der Waals surface area contributed by atoms with Gasteiger partial charge in [0.2, 0.25) is 6.41 Å². The Labute approximate surface area is 111 Å². The molecule has 0 atom stereocenters. The highest BCUT2D eigenvalue weighted by Gasteiger charge is 2.20. The van der Waals surface area contributed by atoms with Crippen LogP contribution in [-0.4, -0.2) is 48.4 Å². The van der Waals surface area contributed by atoms with Crippen LogP contribution >= 0.6 is 0 Å². The number of carbonyl (C=O) groups excluding carboxylic acids is 2. The smallest absolute Gasteiger partial charge is 0.321 e. The van der Waals surface area contributed by atoms with Crippen molar-refractivity contribution in [2.45, 2.75) is 6.92 Å². The van der Waals surface area contributed by atoms with E-state index in [1.54, 1.807) is 22.8 Å². The van der Waals surface area contributed by atoms with Gasteiger partial charge in [0, 0.05) is 31.9 Å². The van der Waals surface area contributed by atoms with Gasteiger partial charge in [-0.3, -0.25) is 4.79 Å². The van der Waals surface area contributed by atoms with E-state index in [2.05, 4.69) is 5.32 Å². The highest BCUT2D eigenvalue weighted by Crippen LogP contribution is 2.16. The number of amides is 3. The normalized spacial score (nSPS) is 15.3. The van der Waals surface area contributed by atoms with Crippen LogP contribution in [0.25, 0.3) is 0 Å². The predicted molar refractivity (Wildman–Crippen MR) is 69.4 cm³/mol. The highest BCUT2D eigenvalue weighted by molar-refractivity contribution is 5.90. The lowest BCUT2D eigenvalue weighted by Gasteiger charge is -2.32. The molecule has 0 spiro atoms. The minimum Gasteiger partial charge on any atom is -0.342 e. The van der Waals surface area contributed by atoms with E-state index in [0.29, 0.717) is 31.9 Å². The predicted octanol–water partition coefficient (Wildman–Crippen LogP) is 1.44. The SMILES string of the molecule is Cc1ccc(F)cc1NC(=O)N1CCN(C=O)CC1. The van der Waals surface area contributed by atoms with Crippen LogP contribution in [0.15, 0.2) is 18.2 Å². The molecule has 1 heterocycles. The molecule has 0 aliphatic carbocycles. The third-order valence-corrected chi connectivity index (χ3v) is 3.19. The second kappa shape index (κ2) is 5.69. The first-order valence-corrected chi connectivity index (χ1v) is 6.11. The summed E-state index contributed by atoms with van der Waals surface area (Å²) in [6, 6.07) is 4.01. The second-order valence-electron chi connectivity index (χ2n) is 4.52. The number of hydrogen-bond acceptors (Lipinski definition) is 2. The topological polar surface area (TPSA) is 52.7 Å². The molecule has 0 bridgehead atoms. The first-order valence-electron chi connectivity index (χ1n) is 6.11. The van der Waals surface area contributed by atoms with Gasteiger partial charge in [-0.25, -0.2) is 9.18 Å². The molecule has 1 aromatic carbocycles. The summed E-state index contributed by atoms with van der Waals surface area (Å²) in [6.45, 7) is 3.83. The van der Waals surface area contributed by atoms with Gasteiger partial charge in [-0.05, 0) is 24.6 Å². The fourth-order valence-corrected chi connectivity index (χ4v) is 1.95. The van der Waals surface area contributed by atoms with Crippen molar-refractivity contribution >= 4 is 18.1 Å². The van der Waals surface area contributed by atoms with Crippen LogP contribution in [0.4, 0.5) is 14.9 Å². The van der Waals surface area contributed by atoms with Gasteiger partial charge in [-0.1, -0.05) is 6.07 Å². The van der Waals surface area contributed by atoms with E-state index >= 15 is 0 Å². The molecular formula is C13H16FN3O2. The molecule has 1 aromatic rings. The van der Waals surface area contributed by atoms with Crippen molar-refractivity contribution in [3.63, 3.8) is 0 Å². The molecule has 1 aliphatic heterocycles. The zero-order valence-corrected chi connectivity index (χ0v) is 10.7. The van der Waals surface area contributed by atoms with Crippen molar-refractivity contribution in [1.29, 1.82) is 0 Å². The average molecular weight is 265 g/mol. The van der Waals surface area contributed by atoms with Crippen molar-refractivity contribution in [3.05, 3.63) is 29.6 Å². The first kappa shape index (κ1) is 13.3. The van der Waals surface area contributed by atoms with Crippen molar-refractivity contribution in [2.75, 3.05) is 31.5 Å². The van der Waals surface area contributed by atoms with E-state index in [0.717, 1.165) is 12.0 Å². The minimum absolute atomic E-state index is 0.265. The molecule has 1 saturated heterocycles. The number of carbonyl (C=O) groups is 2. The molecule has 0 aromatic heterocycles. The zero-order valence-electron chi connectivity index (χ0n) is 10.7. The second-order valence-corrected chi connectivity index (χ2v) is 4.52. The summed E-state index contributed by atoms with van der Waals surface area (Å²) < 4.78 is 13.1. The Morgan fingerprint density at radius 1 is 1.32 bits per heavy atom. The van der Waals surface area contributed by atoms with E-state index in [9.17, 15) is 14.0 Å². The maximum atomic E-state index is 13.1. The Morgan fingerprint density at radius 2 is 2.00 bits per heavy atom. The van der Waals surface area contributed by atoms with E-state index in [-0.39, 0.29) is 11.8 Å². The van der Waals surface area contributed by atoms with Crippen LogP contribution in [0.3, 0.4) is 0 Å². The standard InChI is InChI=1S/C13H16FN3O2/c1-10-2-3-11(14)8-12(10)15-13(19)17-6-4-16(9-18)5-7-17/h2-3,8-9H,4-7H2,1H3,(H,15,19). The first-order chi connectivity index (χ1) is 9.10. The Kier molecular flexibility index (Phi) is 3.99. The van der Waals surface area contributed by atoms with Gasteiger partial charge in [0.05, 0.1) is 0 Å². The Hall–Kier alpha value is -2.11. The molecule has 3 amide bonds. The lowest BCUT2D eigenvalue weighted by atomic mass is 10.2. The van der Waals surface area contributed by atoms with Gasteiger partial charge in [0.25, 0.3) is 0 Å². The summed E-state index contributed by atoms with van der Waals surface area (Å²) in [7, 11) is 0. The van der Waals surface area contributed by atoms with Crippen molar-refractivity contribution in [3.8, 4) is 0 Å². The molecular weight excluding hydrogens is 249 g/mol. The van der Waals surface area contributed by atoms with Gasteiger partial charge >= 0.3 is 6.03 Å². The number of benzene rings is 1. The summed E-state index contributed by atoms with van der Waals surface area (Å²) in [5.74, 6) is -0.383. The summed E-state index contributed by atoms with van der Waals surface area (Å²) in [5, 5.41) is 2.69. The molecule has 0 unspecified atom stereocenters. The molecule has 19 heavy (non-hydrogen) atoms. The third kappa shape index (κ3) is 3.21. The quantitative estimate of drug-likeness (QED) is 0.823. The van der Waals surface area contributed by atoms with Crippen LogP contribution < -0.4 is 5.32 Å². The van der Waals surface area contributed by atoms with Crippen molar-refractivity contribution in [2.24, 2.45) is 0 Å². The summed E-state index contributed by atoms with van der Waals surface area (Å²) in [4.78, 5) is 25.8. The maximum absolute atomic E-state index is 13.1. The summed E-state index contributed by atoms with van der Waals surface area (Å²) >= 11 is 0. The Balaban J connectivity index is 1.98. The van der Waals surface area contributed by atoms with Crippen LogP contribution in [0.1, 0.15) is 5.56 Å². The van der Waals surface area contributed by atoms with Crippen LogP contribution in [0.2, 0.25) is 0 Å². The lowest BCUT2D eigenvalue weighted by Crippen LogP contribution is -2.49. The molecule has 1 fully saturated rings. The number of aryl methyl sites for hydroxylation is 1. The van der Waals surface area contributed by atoms with Crippen molar-refractivity contribution < 1.29 is 14.0 Å². The van der Waals surface area contributed by atoms with E-state index in [1.165, 1.54) is 12.1 Å². The third-order valence-electron chi connectivity index (χ3n) is 3.19. The fraction of sp³-hybridized carbons (Fsp3) is 0.385. The highest BCUT2D eigenvalue weighted by atomic mass is 19.1. The van der Waals surface area contributed by atoms with Gasteiger partial charge < -0.3 is 15.1 Å². The molecule has 2 rings (SSSR count). The number of nitrogens with one attached hydrogen (secondary N) is 1. The molecule has 0 radical (unpaired) electrons. The van der Waals surface area contributed by atoms with Gasteiger partial charge in [-0.2, -0.15) is 0 Å². The largest absolute Gasteiger partial charge is 0.342 e. The number of hydrogen-bond donors (Lipinski definition) is 1. The molecule has 0 saturated carbocycles. The van der Waals surface area contributed by atoms with Gasteiger partial charge in [-0.15, -0.1) is 0 Å². The number of urea groups is 1. The maximum Gasteiger partial charge on any atom is 0.321 e. The van der Waals surface area contributed by atoms with Crippen LogP contribution in [0, 0.1) is 12.7 Å². The van der Waals surface area contributed by atoms with Gasteiger partial charge in [0.1, 0.15) is 5.82 Å². The number of halogens is 1. The minimum atomic E-state index is -0.383. The summed E-state index contributed by atoms with van der Waals surface area (Å²) in [6.07, 6.45) is 0.784. The summed E-state index contributed by atoms with van der Waals surface area (Å²) in [5.41, 5.74) is 1.28. The molecule has 1 N–H and O–H groups in total. The van der Waals surface area contributed by atoms with E-state index in [1.807, 2.05) is 0 Å². The zero-order chi connectivity index (χ0) is 13.8. The average Bonchev–Trinajstić information content (AvgIpc) is 2.43. The van der Waals surface area contributed by atoms with E-state index in [4.69, 9.17) is 0 Å². The van der Waals surface area contributed by atoms with Crippen molar-refractivity contribution in [1.82, 2.24) is 9.80 Å². The molecule has 1 aliphatic rings. The van der Waals surface area contributed by atoms with Crippen LogP contribution in [-0.2, 0) is 4.79 Å². The number of anilines is 1. The molecule has 6 heteroatoms. The van der Waals surface area contributed by atoms with Gasteiger partial charge in [0.15, 0.2) is 0 Å². The number of piperazine rings is 1. The number of rotatable bonds is 2. The lowest BCUT2D eigenvalue weighted by molar-refractivity contribution is -0.119. The molecule has 102 valence electrons. The number of nitrogens with zero attached hydrogens (tertiary/aromatic N) is 2. The van der Waals surface area contributed by atoms with E-state index < -0.39 is 0 Å². The monoisotopic (exact) mass is 265 g/mol.